The van der Waals surface area contributed by atoms with Crippen LogP contribution in [0.4, 0.5) is 5.95 Å². The maximum Gasteiger partial charge on any atom is 0.243 e. The van der Waals surface area contributed by atoms with Gasteiger partial charge in [0.1, 0.15) is 0 Å². The van der Waals surface area contributed by atoms with Crippen LogP contribution in [-0.2, 0) is 0 Å². The molecule has 0 aliphatic carbocycles. The number of ether oxygens (including phenoxy) is 4. The number of rotatable bonds is 6. The van der Waals surface area contributed by atoms with Gasteiger partial charge in [-0.3, -0.25) is 0 Å². The minimum atomic E-state index is -0.0702. The Morgan fingerprint density at radius 1 is 0.828 bits per heavy atom. The topological polar surface area (TPSA) is 92.6 Å². The van der Waals surface area contributed by atoms with Crippen molar-refractivity contribution >= 4 is 5.95 Å². The minimum absolute atomic E-state index is 0.00796. The molecule has 29 heavy (non-hydrogen) atoms. The molecule has 0 unspecified atom stereocenters. The molecule has 152 valence electrons. The molecule has 2 aromatic carbocycles. The SMILES string of the molecule is COc1ccc([C@H]2C[C@@H](c3ccc(OC)c(OC)c3)n3nnnc3N2)cc1OC. The Bertz CT molecular complexity index is 1010. The molecule has 3 aromatic rings. The summed E-state index contributed by atoms with van der Waals surface area (Å²) in [5.41, 5.74) is 2.09. The van der Waals surface area contributed by atoms with Crippen LogP contribution in [0.1, 0.15) is 29.6 Å². The Balaban J connectivity index is 1.72. The molecule has 0 spiro atoms. The van der Waals surface area contributed by atoms with E-state index in [-0.39, 0.29) is 12.1 Å². The van der Waals surface area contributed by atoms with Crippen molar-refractivity contribution in [3.8, 4) is 23.0 Å². The molecule has 0 radical (unpaired) electrons. The molecule has 1 N–H and O–H groups in total. The number of anilines is 1. The standard InChI is InChI=1S/C20H23N5O4/c1-26-16-7-5-12(9-18(16)28-3)14-11-15(25-20(21-14)22-23-24-25)13-6-8-17(27-2)19(10-13)29-4/h5-10,14-15H,11H2,1-4H3,(H,21,22,24)/t14-,15+/m1/s1. The Kier molecular flexibility index (Phi) is 5.11. The van der Waals surface area contributed by atoms with E-state index in [9.17, 15) is 0 Å². The first-order chi connectivity index (χ1) is 14.2. The van der Waals surface area contributed by atoms with Gasteiger partial charge in [0, 0.05) is 0 Å². The quantitative estimate of drug-likeness (QED) is 0.679. The molecule has 0 saturated carbocycles. The van der Waals surface area contributed by atoms with Gasteiger partial charge in [-0.1, -0.05) is 17.2 Å². The van der Waals surface area contributed by atoms with Gasteiger partial charge in [-0.2, -0.15) is 0 Å². The molecule has 4 rings (SSSR count). The number of benzene rings is 2. The number of fused-ring (bicyclic) bond motifs is 1. The minimum Gasteiger partial charge on any atom is -0.493 e. The molecule has 0 fully saturated rings. The summed E-state index contributed by atoms with van der Waals surface area (Å²) in [6.07, 6.45) is 0.739. The highest BCUT2D eigenvalue weighted by Gasteiger charge is 2.31. The number of nitrogens with one attached hydrogen (secondary N) is 1. The van der Waals surface area contributed by atoms with E-state index in [1.54, 1.807) is 33.1 Å². The highest BCUT2D eigenvalue weighted by molar-refractivity contribution is 5.48. The summed E-state index contributed by atoms with van der Waals surface area (Å²) in [5, 5.41) is 15.6. The molecule has 9 nitrogen and oxygen atoms in total. The third-order valence-electron chi connectivity index (χ3n) is 5.15. The average molecular weight is 397 g/mol. The predicted molar refractivity (Wildman–Crippen MR) is 106 cm³/mol. The Hall–Kier alpha value is -3.49. The smallest absolute Gasteiger partial charge is 0.243 e. The molecule has 1 aliphatic heterocycles. The summed E-state index contributed by atoms with van der Waals surface area (Å²) in [6.45, 7) is 0. The van der Waals surface area contributed by atoms with E-state index in [4.69, 9.17) is 18.9 Å². The summed E-state index contributed by atoms with van der Waals surface area (Å²) >= 11 is 0. The van der Waals surface area contributed by atoms with E-state index in [0.29, 0.717) is 28.9 Å². The lowest BCUT2D eigenvalue weighted by atomic mass is 9.93. The van der Waals surface area contributed by atoms with E-state index < -0.39 is 0 Å². The molecule has 1 aromatic heterocycles. The summed E-state index contributed by atoms with van der Waals surface area (Å²) in [4.78, 5) is 0. The van der Waals surface area contributed by atoms with E-state index in [0.717, 1.165) is 17.5 Å². The number of tetrazole rings is 1. The van der Waals surface area contributed by atoms with Crippen LogP contribution in [0.15, 0.2) is 36.4 Å². The largest absolute Gasteiger partial charge is 0.493 e. The van der Waals surface area contributed by atoms with Crippen LogP contribution in [0.5, 0.6) is 23.0 Å². The van der Waals surface area contributed by atoms with Gasteiger partial charge in [-0.25, -0.2) is 4.68 Å². The number of hydrogen-bond donors (Lipinski definition) is 1. The Morgan fingerprint density at radius 3 is 2.03 bits per heavy atom. The van der Waals surface area contributed by atoms with Crippen molar-refractivity contribution in [3.05, 3.63) is 47.5 Å². The highest BCUT2D eigenvalue weighted by Crippen LogP contribution is 2.41. The molecule has 0 amide bonds. The Labute approximate surface area is 168 Å². The van der Waals surface area contributed by atoms with Crippen molar-refractivity contribution in [2.45, 2.75) is 18.5 Å². The predicted octanol–water partition coefficient (Wildman–Crippen LogP) is 2.85. The molecular formula is C20H23N5O4. The van der Waals surface area contributed by atoms with Gasteiger partial charge in [-0.05, 0) is 52.2 Å². The second-order valence-electron chi connectivity index (χ2n) is 6.62. The lowest BCUT2D eigenvalue weighted by Gasteiger charge is -2.31. The summed E-state index contributed by atoms with van der Waals surface area (Å²) in [6, 6.07) is 11.7. The van der Waals surface area contributed by atoms with Crippen LogP contribution < -0.4 is 24.3 Å². The number of hydrogen-bond acceptors (Lipinski definition) is 8. The fraction of sp³-hybridized carbons (Fsp3) is 0.350. The van der Waals surface area contributed by atoms with Gasteiger partial charge < -0.3 is 24.3 Å². The molecule has 1 aliphatic rings. The lowest BCUT2D eigenvalue weighted by Crippen LogP contribution is -2.28. The van der Waals surface area contributed by atoms with Crippen molar-refractivity contribution < 1.29 is 18.9 Å². The van der Waals surface area contributed by atoms with E-state index in [1.807, 2.05) is 36.4 Å². The zero-order valence-corrected chi connectivity index (χ0v) is 16.7. The number of nitrogens with zero attached hydrogens (tertiary/aromatic N) is 4. The normalized spacial score (nSPS) is 17.8. The first kappa shape index (κ1) is 18.9. The second kappa shape index (κ2) is 7.86. The van der Waals surface area contributed by atoms with Crippen LogP contribution in [0.25, 0.3) is 0 Å². The van der Waals surface area contributed by atoms with Crippen molar-refractivity contribution in [2.24, 2.45) is 0 Å². The summed E-state index contributed by atoms with van der Waals surface area (Å²) in [5.74, 6) is 3.32. The monoisotopic (exact) mass is 397 g/mol. The molecular weight excluding hydrogens is 374 g/mol. The van der Waals surface area contributed by atoms with Gasteiger partial charge in [0.15, 0.2) is 23.0 Å². The maximum absolute atomic E-state index is 5.47. The zero-order valence-electron chi connectivity index (χ0n) is 16.7. The van der Waals surface area contributed by atoms with E-state index >= 15 is 0 Å². The number of methoxy groups -OCH3 is 4. The molecule has 2 heterocycles. The van der Waals surface area contributed by atoms with Crippen LogP contribution in [0.2, 0.25) is 0 Å². The fourth-order valence-electron chi connectivity index (χ4n) is 3.66. The highest BCUT2D eigenvalue weighted by atomic mass is 16.5. The third kappa shape index (κ3) is 3.39. The van der Waals surface area contributed by atoms with Crippen LogP contribution in [0, 0.1) is 0 Å². The maximum atomic E-state index is 5.47. The third-order valence-corrected chi connectivity index (χ3v) is 5.15. The summed E-state index contributed by atoms with van der Waals surface area (Å²) < 4.78 is 23.4. The van der Waals surface area contributed by atoms with Gasteiger partial charge in [-0.15, -0.1) is 0 Å². The molecule has 9 heteroatoms. The first-order valence-corrected chi connectivity index (χ1v) is 9.16. The summed E-state index contributed by atoms with van der Waals surface area (Å²) in [7, 11) is 6.49. The molecule has 0 bridgehead atoms. The van der Waals surface area contributed by atoms with Gasteiger partial charge >= 0.3 is 0 Å². The van der Waals surface area contributed by atoms with Crippen molar-refractivity contribution in [1.29, 1.82) is 0 Å². The van der Waals surface area contributed by atoms with Crippen LogP contribution in [0.3, 0.4) is 0 Å². The van der Waals surface area contributed by atoms with Crippen molar-refractivity contribution in [3.63, 3.8) is 0 Å². The molecule has 2 atom stereocenters. The second-order valence-corrected chi connectivity index (χ2v) is 6.62. The molecule has 0 saturated heterocycles. The Morgan fingerprint density at radius 2 is 1.41 bits per heavy atom. The van der Waals surface area contributed by atoms with Crippen molar-refractivity contribution in [2.75, 3.05) is 33.8 Å². The first-order valence-electron chi connectivity index (χ1n) is 9.16. The van der Waals surface area contributed by atoms with Crippen molar-refractivity contribution in [1.82, 2.24) is 20.2 Å². The van der Waals surface area contributed by atoms with Gasteiger partial charge in [0.25, 0.3) is 0 Å². The average Bonchev–Trinajstić information content (AvgIpc) is 3.26. The van der Waals surface area contributed by atoms with E-state index in [2.05, 4.69) is 20.8 Å². The van der Waals surface area contributed by atoms with Crippen LogP contribution >= 0.6 is 0 Å². The lowest BCUT2D eigenvalue weighted by molar-refractivity contribution is 0.351. The van der Waals surface area contributed by atoms with E-state index in [1.165, 1.54) is 0 Å². The number of aromatic nitrogens is 4. The van der Waals surface area contributed by atoms with Gasteiger partial charge in [0.2, 0.25) is 5.95 Å². The zero-order chi connectivity index (χ0) is 20.4. The fourth-order valence-corrected chi connectivity index (χ4v) is 3.66. The van der Waals surface area contributed by atoms with Gasteiger partial charge in [0.05, 0.1) is 40.5 Å². The van der Waals surface area contributed by atoms with Crippen LogP contribution in [-0.4, -0.2) is 48.6 Å².